The van der Waals surface area contributed by atoms with Crippen LogP contribution in [0.15, 0.2) is 18.3 Å². The molecule has 104 valence electrons. The first-order chi connectivity index (χ1) is 9.17. The van der Waals surface area contributed by atoms with E-state index in [9.17, 15) is 0 Å². The molecule has 0 aromatic carbocycles. The summed E-state index contributed by atoms with van der Waals surface area (Å²) in [6.07, 6.45) is 3.25. The third-order valence-electron chi connectivity index (χ3n) is 4.57. The van der Waals surface area contributed by atoms with Crippen molar-refractivity contribution in [2.45, 2.75) is 32.4 Å². The van der Waals surface area contributed by atoms with E-state index in [-0.39, 0.29) is 0 Å². The van der Waals surface area contributed by atoms with Crippen molar-refractivity contribution in [3.8, 4) is 5.88 Å². The summed E-state index contributed by atoms with van der Waals surface area (Å²) < 4.78 is 5.08. The van der Waals surface area contributed by atoms with Crippen LogP contribution in [0.4, 0.5) is 5.69 Å². The van der Waals surface area contributed by atoms with Gasteiger partial charge in [-0.2, -0.15) is 0 Å². The lowest BCUT2D eigenvalue weighted by Crippen LogP contribution is -2.62. The summed E-state index contributed by atoms with van der Waals surface area (Å²) in [5.41, 5.74) is 1.11. The molecule has 1 aromatic rings. The molecule has 2 bridgehead atoms. The van der Waals surface area contributed by atoms with Gasteiger partial charge in [-0.1, -0.05) is 0 Å². The van der Waals surface area contributed by atoms with Crippen LogP contribution in [0.3, 0.4) is 0 Å². The monoisotopic (exact) mass is 261 g/mol. The Kier molecular flexibility index (Phi) is 3.35. The van der Waals surface area contributed by atoms with Crippen molar-refractivity contribution in [2.24, 2.45) is 11.8 Å². The minimum absolute atomic E-state index is 0.630. The summed E-state index contributed by atoms with van der Waals surface area (Å²) in [5, 5.41) is 3.65. The number of pyridine rings is 1. The molecule has 0 amide bonds. The van der Waals surface area contributed by atoms with Crippen LogP contribution in [0.2, 0.25) is 0 Å². The second kappa shape index (κ2) is 5.00. The highest BCUT2D eigenvalue weighted by Crippen LogP contribution is 2.42. The fourth-order valence-electron chi connectivity index (χ4n) is 3.36. The fourth-order valence-corrected chi connectivity index (χ4v) is 3.36. The third-order valence-corrected chi connectivity index (χ3v) is 4.57. The maximum absolute atomic E-state index is 5.08. The molecule has 4 heteroatoms. The van der Waals surface area contributed by atoms with Gasteiger partial charge in [0, 0.05) is 31.2 Å². The van der Waals surface area contributed by atoms with E-state index in [4.69, 9.17) is 4.74 Å². The van der Waals surface area contributed by atoms with Gasteiger partial charge in [0.05, 0.1) is 19.0 Å². The molecular weight excluding hydrogens is 238 g/mol. The van der Waals surface area contributed by atoms with Gasteiger partial charge in [-0.05, 0) is 38.2 Å². The molecule has 2 aliphatic rings. The molecule has 0 spiro atoms. The summed E-state index contributed by atoms with van der Waals surface area (Å²) in [4.78, 5) is 6.85. The van der Waals surface area contributed by atoms with E-state index >= 15 is 0 Å². The fraction of sp³-hybridized carbons (Fsp3) is 0.667. The summed E-state index contributed by atoms with van der Waals surface area (Å²) in [6.45, 7) is 7.05. The van der Waals surface area contributed by atoms with Crippen molar-refractivity contribution in [1.29, 1.82) is 0 Å². The van der Waals surface area contributed by atoms with Gasteiger partial charge < -0.3 is 15.0 Å². The minimum atomic E-state index is 0.630. The van der Waals surface area contributed by atoms with Gasteiger partial charge in [-0.25, -0.2) is 4.98 Å². The number of hydrogen-bond acceptors (Lipinski definition) is 4. The Morgan fingerprint density at radius 1 is 1.32 bits per heavy atom. The number of rotatable bonds is 4. The first-order valence-corrected chi connectivity index (χ1v) is 7.18. The Labute approximate surface area is 115 Å². The summed E-state index contributed by atoms with van der Waals surface area (Å²) in [5.74, 6) is 2.26. The van der Waals surface area contributed by atoms with Gasteiger partial charge in [-0.15, -0.1) is 0 Å². The van der Waals surface area contributed by atoms with E-state index in [0.29, 0.717) is 18.0 Å². The molecule has 4 nitrogen and oxygen atoms in total. The number of methoxy groups -OCH3 is 1. The van der Waals surface area contributed by atoms with Gasteiger partial charge in [0.25, 0.3) is 0 Å². The highest BCUT2D eigenvalue weighted by molar-refractivity contribution is 5.44. The van der Waals surface area contributed by atoms with Crippen molar-refractivity contribution >= 4 is 5.69 Å². The first-order valence-electron chi connectivity index (χ1n) is 7.18. The lowest BCUT2D eigenvalue weighted by Gasteiger charge is -2.55. The zero-order chi connectivity index (χ0) is 13.4. The molecule has 2 fully saturated rings. The molecule has 2 unspecified atom stereocenters. The average Bonchev–Trinajstić information content (AvgIpc) is 2.45. The van der Waals surface area contributed by atoms with E-state index in [2.05, 4.69) is 35.1 Å². The number of hydrogen-bond donors (Lipinski definition) is 1. The molecule has 3 rings (SSSR count). The Balaban J connectivity index is 1.60. The standard InChI is InChI=1S/C15H23N3O/c1-10(2)18-8-11-6-12(9-18)15(11)17-13-4-5-14(19-3)16-7-13/h4-5,7,10-12,15,17H,6,8-9H2,1-3H3. The lowest BCUT2D eigenvalue weighted by atomic mass is 9.66. The number of ether oxygens (including phenoxy) is 1. The first kappa shape index (κ1) is 12.7. The summed E-state index contributed by atoms with van der Waals surface area (Å²) in [6, 6.07) is 5.27. The van der Waals surface area contributed by atoms with Gasteiger partial charge in [0.2, 0.25) is 5.88 Å². The molecule has 2 atom stereocenters. The van der Waals surface area contributed by atoms with Crippen molar-refractivity contribution in [1.82, 2.24) is 9.88 Å². The number of fused-ring (bicyclic) bond motifs is 2. The Hall–Kier alpha value is -1.29. The Morgan fingerprint density at radius 2 is 2.05 bits per heavy atom. The molecule has 19 heavy (non-hydrogen) atoms. The van der Waals surface area contributed by atoms with Crippen molar-refractivity contribution in [3.63, 3.8) is 0 Å². The van der Waals surface area contributed by atoms with E-state index < -0.39 is 0 Å². The predicted octanol–water partition coefficient (Wildman–Crippen LogP) is 2.23. The normalized spacial score (nSPS) is 30.0. The highest BCUT2D eigenvalue weighted by atomic mass is 16.5. The predicted molar refractivity (Wildman–Crippen MR) is 76.5 cm³/mol. The molecule has 1 aromatic heterocycles. The number of aromatic nitrogens is 1. The molecule has 1 aliphatic carbocycles. The van der Waals surface area contributed by atoms with Crippen LogP contribution >= 0.6 is 0 Å². The van der Waals surface area contributed by atoms with E-state index in [1.807, 2.05) is 12.3 Å². The second-order valence-corrected chi connectivity index (χ2v) is 6.06. The highest BCUT2D eigenvalue weighted by Gasteiger charge is 2.46. The maximum atomic E-state index is 5.08. The van der Waals surface area contributed by atoms with Crippen LogP contribution in [0, 0.1) is 11.8 Å². The van der Waals surface area contributed by atoms with Crippen LogP contribution in [-0.2, 0) is 0 Å². The lowest BCUT2D eigenvalue weighted by molar-refractivity contribution is -0.00418. The summed E-state index contributed by atoms with van der Waals surface area (Å²) in [7, 11) is 1.65. The number of nitrogens with zero attached hydrogens (tertiary/aromatic N) is 2. The van der Waals surface area contributed by atoms with Gasteiger partial charge in [0.15, 0.2) is 0 Å². The number of piperidine rings is 2. The van der Waals surface area contributed by atoms with E-state index in [0.717, 1.165) is 17.5 Å². The van der Waals surface area contributed by atoms with Crippen molar-refractivity contribution < 1.29 is 4.74 Å². The van der Waals surface area contributed by atoms with Gasteiger partial charge >= 0.3 is 0 Å². The number of anilines is 1. The van der Waals surface area contributed by atoms with Crippen molar-refractivity contribution in [2.75, 3.05) is 25.5 Å². The average molecular weight is 261 g/mol. The Bertz CT molecular complexity index is 420. The molecule has 0 radical (unpaired) electrons. The SMILES string of the molecule is COc1ccc(NC2C3CC2CN(C(C)C)C3)cn1. The topological polar surface area (TPSA) is 37.4 Å². The minimum Gasteiger partial charge on any atom is -0.481 e. The van der Waals surface area contributed by atoms with Crippen LogP contribution in [0.1, 0.15) is 20.3 Å². The Morgan fingerprint density at radius 3 is 2.58 bits per heavy atom. The molecule has 1 aliphatic heterocycles. The molecule has 2 heterocycles. The third kappa shape index (κ3) is 2.41. The zero-order valence-electron chi connectivity index (χ0n) is 12.0. The van der Waals surface area contributed by atoms with E-state index in [1.54, 1.807) is 7.11 Å². The molecular formula is C15H23N3O. The second-order valence-electron chi connectivity index (χ2n) is 6.06. The van der Waals surface area contributed by atoms with Crippen LogP contribution in [-0.4, -0.2) is 42.2 Å². The van der Waals surface area contributed by atoms with Crippen LogP contribution in [0.5, 0.6) is 5.88 Å². The van der Waals surface area contributed by atoms with Gasteiger partial charge in [-0.3, -0.25) is 0 Å². The number of likely N-dealkylation sites (tertiary alicyclic amines) is 1. The maximum Gasteiger partial charge on any atom is 0.213 e. The van der Waals surface area contributed by atoms with Crippen LogP contribution < -0.4 is 10.1 Å². The summed E-state index contributed by atoms with van der Waals surface area (Å²) >= 11 is 0. The smallest absolute Gasteiger partial charge is 0.213 e. The zero-order valence-corrected chi connectivity index (χ0v) is 12.0. The quantitative estimate of drug-likeness (QED) is 0.902. The molecule has 1 saturated carbocycles. The number of nitrogens with one attached hydrogen (secondary N) is 1. The molecule has 1 saturated heterocycles. The van der Waals surface area contributed by atoms with Crippen molar-refractivity contribution in [3.05, 3.63) is 18.3 Å². The van der Waals surface area contributed by atoms with Gasteiger partial charge in [0.1, 0.15) is 0 Å². The van der Waals surface area contributed by atoms with E-state index in [1.165, 1.54) is 19.5 Å². The van der Waals surface area contributed by atoms with Crippen LogP contribution in [0.25, 0.3) is 0 Å². The largest absolute Gasteiger partial charge is 0.481 e. The molecule has 1 N–H and O–H groups in total.